The maximum Gasteiger partial charge on any atom is 0.0828 e. The van der Waals surface area contributed by atoms with E-state index in [0.717, 1.165) is 6.54 Å². The predicted molar refractivity (Wildman–Crippen MR) is 38.2 cm³/mol. The third-order valence-electron chi connectivity index (χ3n) is 2.15. The molecule has 0 unspecified atom stereocenters. The average molecular weight is 130 g/mol. The summed E-state index contributed by atoms with van der Waals surface area (Å²) in [5, 5.41) is 9.21. The molecule has 54 valence electrons. The fourth-order valence-electron chi connectivity index (χ4n) is 1.27. The molecule has 0 radical (unpaired) electrons. The number of nitrogens with zero attached hydrogens (tertiary/aromatic N) is 1. The van der Waals surface area contributed by atoms with Crippen LogP contribution in [0.1, 0.15) is 33.1 Å². The molecular formula is C7H16NO+. The number of hydroxylamine groups is 2. The van der Waals surface area contributed by atoms with Gasteiger partial charge in [0.15, 0.2) is 0 Å². The molecule has 2 nitrogen and oxygen atoms in total. The third-order valence-corrected chi connectivity index (χ3v) is 2.15. The molecule has 0 aliphatic carbocycles. The molecule has 1 fully saturated rings. The van der Waals surface area contributed by atoms with Crippen molar-refractivity contribution in [2.75, 3.05) is 6.54 Å². The minimum Gasteiger partial charge on any atom is -0.338 e. The van der Waals surface area contributed by atoms with Gasteiger partial charge in [-0.15, -0.1) is 0 Å². The van der Waals surface area contributed by atoms with Crippen LogP contribution in [0.25, 0.3) is 0 Å². The lowest BCUT2D eigenvalue weighted by molar-refractivity contribution is -0.177. The van der Waals surface area contributed by atoms with Crippen LogP contribution < -0.4 is 0 Å². The fourth-order valence-corrected chi connectivity index (χ4v) is 1.27. The van der Waals surface area contributed by atoms with E-state index in [4.69, 9.17) is 5.21 Å². The van der Waals surface area contributed by atoms with Crippen LogP contribution in [0.15, 0.2) is 0 Å². The third kappa shape index (κ3) is 1.43. The zero-order valence-electron chi connectivity index (χ0n) is 6.28. The van der Waals surface area contributed by atoms with Crippen molar-refractivity contribution < 1.29 is 5.21 Å². The van der Waals surface area contributed by atoms with Crippen molar-refractivity contribution in [2.45, 2.75) is 38.6 Å². The molecule has 0 aromatic carbocycles. The predicted octanol–water partition coefficient (Wildman–Crippen LogP) is 0.891. The Kier molecular flexibility index (Phi) is 1.78. The van der Waals surface area contributed by atoms with E-state index in [0.29, 0.717) is 0 Å². The van der Waals surface area contributed by atoms with Gasteiger partial charge in [0, 0.05) is 0 Å². The van der Waals surface area contributed by atoms with Gasteiger partial charge in [0.25, 0.3) is 0 Å². The highest BCUT2D eigenvalue weighted by Crippen LogP contribution is 2.24. The van der Waals surface area contributed by atoms with Crippen molar-refractivity contribution in [3.8, 4) is 0 Å². The smallest absolute Gasteiger partial charge is 0.0828 e. The molecule has 1 rings (SSSR count). The summed E-state index contributed by atoms with van der Waals surface area (Å²) in [6.45, 7) is 5.23. The first-order valence-electron chi connectivity index (χ1n) is 3.62. The first-order chi connectivity index (χ1) is 4.13. The lowest BCUT2D eigenvalue weighted by Crippen LogP contribution is -2.44. The summed E-state index contributed by atoms with van der Waals surface area (Å²) in [7, 11) is 0. The van der Waals surface area contributed by atoms with Crippen molar-refractivity contribution in [3.63, 3.8) is 0 Å². The van der Waals surface area contributed by atoms with Gasteiger partial charge in [-0.2, -0.15) is 0 Å². The second kappa shape index (κ2) is 2.27. The minimum absolute atomic E-state index is 0.137. The van der Waals surface area contributed by atoms with Crippen molar-refractivity contribution in [1.29, 1.82) is 0 Å². The zero-order valence-corrected chi connectivity index (χ0v) is 6.28. The van der Waals surface area contributed by atoms with Gasteiger partial charge >= 0.3 is 0 Å². The molecule has 0 spiro atoms. The number of hydrogen-bond donors (Lipinski definition) is 0. The van der Waals surface area contributed by atoms with Gasteiger partial charge in [0.2, 0.25) is 0 Å². The van der Waals surface area contributed by atoms with Crippen molar-refractivity contribution in [3.05, 3.63) is 0 Å². The molecule has 0 saturated carbocycles. The van der Waals surface area contributed by atoms with Gasteiger partial charge in [-0.25, -0.2) is 0 Å². The topological polar surface area (TPSA) is 26.1 Å². The molecule has 1 aliphatic rings. The summed E-state index contributed by atoms with van der Waals surface area (Å²) in [5.74, 6) is 0. The summed E-state index contributed by atoms with van der Waals surface area (Å²) < 4.78 is 0. The molecule has 0 atom stereocenters. The van der Waals surface area contributed by atoms with Crippen molar-refractivity contribution in [1.82, 2.24) is 5.06 Å². The summed E-state index contributed by atoms with van der Waals surface area (Å²) in [6.07, 6.45) is 3.67. The minimum atomic E-state index is 0.137. The van der Waals surface area contributed by atoms with Crippen LogP contribution in [-0.4, -0.2) is 22.4 Å². The van der Waals surface area contributed by atoms with Crippen LogP contribution in [0, 0.1) is 0 Å². The standard InChI is InChI=1S/C7H15NO/c1-7(2)5-3-4-6-8(7)9/h9H,3-6H2,1-2H3/p+1. The van der Waals surface area contributed by atoms with Crippen LogP contribution in [-0.2, 0) is 0 Å². The van der Waals surface area contributed by atoms with Gasteiger partial charge in [0.1, 0.15) is 0 Å². The highest BCUT2D eigenvalue weighted by Gasteiger charge is 2.31. The Balaban J connectivity index is 2.49. The zero-order chi connectivity index (χ0) is 6.91. The summed E-state index contributed by atoms with van der Waals surface area (Å²) in [5.41, 5.74) is 0.137. The molecule has 0 bridgehead atoms. The van der Waals surface area contributed by atoms with Crippen LogP contribution in [0.4, 0.5) is 0 Å². The fraction of sp³-hybridized carbons (Fsp3) is 1.00. The van der Waals surface area contributed by atoms with E-state index in [1.807, 2.05) is 0 Å². The highest BCUT2D eigenvalue weighted by molar-refractivity contribution is 4.79. The average Bonchev–Trinajstić information content (AvgIpc) is 1.77. The summed E-state index contributed by atoms with van der Waals surface area (Å²) >= 11 is 0. The number of rotatable bonds is 0. The molecule has 0 aromatic heterocycles. The SMILES string of the molecule is CC1(C)CCCCN1[OH2+]. The Labute approximate surface area is 56.4 Å². The molecule has 0 aromatic rings. The lowest BCUT2D eigenvalue weighted by atomic mass is 9.93. The van der Waals surface area contributed by atoms with Crippen LogP contribution >= 0.6 is 0 Å². The summed E-state index contributed by atoms with van der Waals surface area (Å²) in [4.78, 5) is 0. The molecule has 0 amide bonds. The van der Waals surface area contributed by atoms with E-state index < -0.39 is 0 Å². The molecule has 2 heteroatoms. The number of hydrogen-bond acceptors (Lipinski definition) is 1. The van der Waals surface area contributed by atoms with E-state index in [1.54, 1.807) is 5.06 Å². The Morgan fingerprint density at radius 2 is 2.00 bits per heavy atom. The molecule has 9 heavy (non-hydrogen) atoms. The highest BCUT2D eigenvalue weighted by atomic mass is 16.5. The van der Waals surface area contributed by atoms with Gasteiger partial charge < -0.3 is 5.21 Å². The van der Waals surface area contributed by atoms with E-state index in [-0.39, 0.29) is 5.54 Å². The van der Waals surface area contributed by atoms with E-state index in [1.165, 1.54) is 19.3 Å². The molecule has 2 N–H and O–H groups in total. The normalized spacial score (nSPS) is 28.3. The van der Waals surface area contributed by atoms with E-state index in [9.17, 15) is 0 Å². The molecule has 1 heterocycles. The van der Waals surface area contributed by atoms with E-state index >= 15 is 0 Å². The van der Waals surface area contributed by atoms with Gasteiger partial charge in [-0.3, -0.25) is 0 Å². The summed E-state index contributed by atoms with van der Waals surface area (Å²) in [6, 6.07) is 0. The van der Waals surface area contributed by atoms with Crippen LogP contribution in [0.5, 0.6) is 0 Å². The van der Waals surface area contributed by atoms with Crippen LogP contribution in [0.3, 0.4) is 0 Å². The maximum atomic E-state index is 7.51. The van der Waals surface area contributed by atoms with Gasteiger partial charge in [-0.1, -0.05) is 5.06 Å². The first kappa shape index (κ1) is 7.03. The van der Waals surface area contributed by atoms with E-state index in [2.05, 4.69) is 13.8 Å². The molecule has 1 saturated heterocycles. The first-order valence-corrected chi connectivity index (χ1v) is 3.62. The maximum absolute atomic E-state index is 7.51. The van der Waals surface area contributed by atoms with Crippen molar-refractivity contribution in [2.24, 2.45) is 0 Å². The lowest BCUT2D eigenvalue weighted by Gasteiger charge is -2.33. The Morgan fingerprint density at radius 1 is 1.33 bits per heavy atom. The molecular weight excluding hydrogens is 114 g/mol. The second-order valence-electron chi connectivity index (χ2n) is 3.42. The Hall–Kier alpha value is -0.0800. The largest absolute Gasteiger partial charge is 0.338 e. The molecule has 1 aliphatic heterocycles. The monoisotopic (exact) mass is 130 g/mol. The Morgan fingerprint density at radius 3 is 2.33 bits per heavy atom. The second-order valence-corrected chi connectivity index (χ2v) is 3.42. The quantitative estimate of drug-likeness (QED) is 0.447. The van der Waals surface area contributed by atoms with Crippen LogP contribution in [0.2, 0.25) is 0 Å². The van der Waals surface area contributed by atoms with Gasteiger partial charge in [0.05, 0.1) is 12.1 Å². The van der Waals surface area contributed by atoms with Crippen molar-refractivity contribution >= 4 is 0 Å². The van der Waals surface area contributed by atoms with Gasteiger partial charge in [-0.05, 0) is 33.1 Å². The Bertz CT molecular complexity index is 101. The number of piperidine rings is 1.